The van der Waals surface area contributed by atoms with Gasteiger partial charge in [-0.25, -0.2) is 14.7 Å². The molecule has 0 unspecified atom stereocenters. The molecule has 1 aromatic rings. The van der Waals surface area contributed by atoms with E-state index < -0.39 is 11.6 Å². The van der Waals surface area contributed by atoms with Crippen LogP contribution in [0.3, 0.4) is 0 Å². The summed E-state index contributed by atoms with van der Waals surface area (Å²) in [6, 6.07) is 0. The van der Waals surface area contributed by atoms with Crippen LogP contribution in [0, 0.1) is 0 Å². The molecule has 108 valence electrons. The van der Waals surface area contributed by atoms with Gasteiger partial charge in [-0.15, -0.1) is 11.3 Å². The van der Waals surface area contributed by atoms with Gasteiger partial charge in [-0.05, 0) is 20.8 Å². The molecular formula is C12H20N2O4S. The predicted molar refractivity (Wildman–Crippen MR) is 73.9 cm³/mol. The van der Waals surface area contributed by atoms with E-state index in [1.807, 2.05) is 26.2 Å². The Hall–Kier alpha value is -1.18. The highest BCUT2D eigenvalue weighted by atomic mass is 32.1. The number of carboxylic acid groups (broad SMARTS) is 1. The number of aromatic nitrogens is 1. The van der Waals surface area contributed by atoms with Crippen molar-refractivity contribution in [3.8, 4) is 0 Å². The normalized spacial score (nSPS) is 11.6. The summed E-state index contributed by atoms with van der Waals surface area (Å²) in [6.07, 6.45) is -1.01. The van der Waals surface area contributed by atoms with E-state index in [1.54, 1.807) is 7.11 Å². The van der Waals surface area contributed by atoms with Crippen LogP contribution >= 0.6 is 11.3 Å². The lowest BCUT2D eigenvalue weighted by Crippen LogP contribution is -2.45. The van der Waals surface area contributed by atoms with E-state index in [1.165, 1.54) is 16.2 Å². The molecule has 0 aliphatic carbocycles. The zero-order valence-corrected chi connectivity index (χ0v) is 12.5. The summed E-state index contributed by atoms with van der Waals surface area (Å²) < 4.78 is 10.2. The highest BCUT2D eigenvalue weighted by molar-refractivity contribution is 7.14. The molecule has 0 aromatic carbocycles. The SMILES string of the molecule is COCCOCc1csc(N(C(=O)O)C(C)(C)C)n1. The number of hydrogen-bond donors (Lipinski definition) is 1. The van der Waals surface area contributed by atoms with E-state index in [4.69, 9.17) is 9.47 Å². The molecule has 6 nitrogen and oxygen atoms in total. The van der Waals surface area contributed by atoms with Gasteiger partial charge in [0.2, 0.25) is 0 Å². The molecule has 0 saturated heterocycles. The van der Waals surface area contributed by atoms with E-state index in [-0.39, 0.29) is 0 Å². The van der Waals surface area contributed by atoms with Gasteiger partial charge >= 0.3 is 6.09 Å². The number of hydrogen-bond acceptors (Lipinski definition) is 5. The number of nitrogens with zero attached hydrogens (tertiary/aromatic N) is 2. The van der Waals surface area contributed by atoms with Crippen LogP contribution in [0.2, 0.25) is 0 Å². The third-order valence-corrected chi connectivity index (χ3v) is 3.15. The average molecular weight is 288 g/mol. The highest BCUT2D eigenvalue weighted by Crippen LogP contribution is 2.27. The van der Waals surface area contributed by atoms with Crippen LogP contribution in [-0.2, 0) is 16.1 Å². The number of ether oxygens (including phenoxy) is 2. The van der Waals surface area contributed by atoms with Crippen molar-refractivity contribution in [2.45, 2.75) is 32.9 Å². The van der Waals surface area contributed by atoms with Gasteiger partial charge in [0.25, 0.3) is 0 Å². The Kier molecular flexibility index (Phi) is 5.71. The second-order valence-corrected chi connectivity index (χ2v) is 5.79. The van der Waals surface area contributed by atoms with Gasteiger partial charge < -0.3 is 14.6 Å². The van der Waals surface area contributed by atoms with E-state index in [2.05, 4.69) is 4.98 Å². The standard InChI is InChI=1S/C12H20N2O4S/c1-12(2,3)14(11(15)16)10-13-9(8-19-10)7-18-6-5-17-4/h8H,5-7H2,1-4H3,(H,15,16). The fourth-order valence-electron chi connectivity index (χ4n) is 1.44. The van der Waals surface area contributed by atoms with E-state index in [0.717, 1.165) is 5.69 Å². The maximum Gasteiger partial charge on any atom is 0.414 e. The Morgan fingerprint density at radius 1 is 1.47 bits per heavy atom. The smallest absolute Gasteiger partial charge is 0.414 e. The Morgan fingerprint density at radius 3 is 2.68 bits per heavy atom. The molecule has 0 saturated carbocycles. The number of methoxy groups -OCH3 is 1. The van der Waals surface area contributed by atoms with Crippen molar-refractivity contribution in [1.29, 1.82) is 0 Å². The lowest BCUT2D eigenvalue weighted by molar-refractivity contribution is 0.0604. The minimum atomic E-state index is -1.01. The summed E-state index contributed by atoms with van der Waals surface area (Å²) in [4.78, 5) is 16.9. The summed E-state index contributed by atoms with van der Waals surface area (Å²) in [5, 5.41) is 11.5. The van der Waals surface area contributed by atoms with Gasteiger partial charge in [0.05, 0.1) is 25.5 Å². The van der Waals surface area contributed by atoms with Gasteiger partial charge in [-0.3, -0.25) is 0 Å². The van der Waals surface area contributed by atoms with Crippen LogP contribution in [0.4, 0.5) is 9.93 Å². The van der Waals surface area contributed by atoms with Crippen molar-refractivity contribution in [2.24, 2.45) is 0 Å². The fourth-order valence-corrected chi connectivity index (χ4v) is 2.43. The first kappa shape index (κ1) is 15.9. The lowest BCUT2D eigenvalue weighted by atomic mass is 10.1. The molecule has 1 amide bonds. The van der Waals surface area contributed by atoms with Crippen molar-refractivity contribution < 1.29 is 19.4 Å². The molecule has 0 aliphatic heterocycles. The largest absolute Gasteiger partial charge is 0.465 e. The Balaban J connectivity index is 2.69. The molecule has 0 aliphatic rings. The van der Waals surface area contributed by atoms with Crippen molar-refractivity contribution in [3.63, 3.8) is 0 Å². The molecule has 1 N–H and O–H groups in total. The second kappa shape index (κ2) is 6.83. The molecule has 1 heterocycles. The molecule has 0 atom stereocenters. The maximum absolute atomic E-state index is 11.3. The van der Waals surface area contributed by atoms with Crippen LogP contribution in [0.1, 0.15) is 26.5 Å². The minimum Gasteiger partial charge on any atom is -0.465 e. The first-order valence-corrected chi connectivity index (χ1v) is 6.78. The first-order chi connectivity index (χ1) is 8.86. The average Bonchev–Trinajstić information content (AvgIpc) is 2.70. The third-order valence-electron chi connectivity index (χ3n) is 2.27. The summed E-state index contributed by atoms with van der Waals surface area (Å²) in [6.45, 7) is 6.87. The number of thiazole rings is 1. The summed E-state index contributed by atoms with van der Waals surface area (Å²) in [5.74, 6) is 0. The maximum atomic E-state index is 11.3. The predicted octanol–water partition coefficient (Wildman–Crippen LogP) is 2.59. The third kappa shape index (κ3) is 4.77. The molecule has 0 radical (unpaired) electrons. The fraction of sp³-hybridized carbons (Fsp3) is 0.667. The zero-order chi connectivity index (χ0) is 14.5. The molecule has 0 spiro atoms. The van der Waals surface area contributed by atoms with Gasteiger partial charge in [-0.2, -0.15) is 0 Å². The summed E-state index contributed by atoms with van der Waals surface area (Å²) in [5.41, 5.74) is 0.198. The summed E-state index contributed by atoms with van der Waals surface area (Å²) >= 11 is 1.30. The van der Waals surface area contributed by atoms with Crippen molar-refractivity contribution in [2.75, 3.05) is 25.2 Å². The number of anilines is 1. The molecule has 19 heavy (non-hydrogen) atoms. The van der Waals surface area contributed by atoms with Gasteiger partial charge in [0, 0.05) is 18.0 Å². The van der Waals surface area contributed by atoms with Gasteiger partial charge in [-0.1, -0.05) is 0 Å². The van der Waals surface area contributed by atoms with Crippen LogP contribution in [-0.4, -0.2) is 42.0 Å². The second-order valence-electron chi connectivity index (χ2n) is 4.96. The monoisotopic (exact) mass is 288 g/mol. The molecule has 0 fully saturated rings. The van der Waals surface area contributed by atoms with E-state index in [0.29, 0.717) is 25.0 Å². The number of amides is 1. The Morgan fingerprint density at radius 2 is 2.16 bits per heavy atom. The van der Waals surface area contributed by atoms with Gasteiger partial charge in [0.15, 0.2) is 5.13 Å². The lowest BCUT2D eigenvalue weighted by Gasteiger charge is -2.30. The molecule has 0 bridgehead atoms. The van der Waals surface area contributed by atoms with Crippen molar-refractivity contribution >= 4 is 22.6 Å². The molecule has 1 aromatic heterocycles. The Bertz CT molecular complexity index is 414. The van der Waals surface area contributed by atoms with Crippen LogP contribution in [0.15, 0.2) is 5.38 Å². The molecular weight excluding hydrogens is 268 g/mol. The number of carbonyl (C=O) groups is 1. The van der Waals surface area contributed by atoms with Gasteiger partial charge in [0.1, 0.15) is 0 Å². The van der Waals surface area contributed by atoms with E-state index in [9.17, 15) is 9.90 Å². The van der Waals surface area contributed by atoms with E-state index >= 15 is 0 Å². The number of rotatable bonds is 6. The Labute approximate surface area is 117 Å². The quantitative estimate of drug-likeness (QED) is 0.815. The summed E-state index contributed by atoms with van der Waals surface area (Å²) in [7, 11) is 1.61. The minimum absolute atomic E-state index is 0.359. The topological polar surface area (TPSA) is 71.9 Å². The molecule has 1 rings (SSSR count). The first-order valence-electron chi connectivity index (χ1n) is 5.90. The van der Waals surface area contributed by atoms with Crippen LogP contribution in [0.25, 0.3) is 0 Å². The van der Waals surface area contributed by atoms with Crippen molar-refractivity contribution in [1.82, 2.24) is 4.98 Å². The van der Waals surface area contributed by atoms with Crippen LogP contribution < -0.4 is 4.90 Å². The zero-order valence-electron chi connectivity index (χ0n) is 11.7. The highest BCUT2D eigenvalue weighted by Gasteiger charge is 2.30. The van der Waals surface area contributed by atoms with Crippen molar-refractivity contribution in [3.05, 3.63) is 11.1 Å². The van der Waals surface area contributed by atoms with Crippen LogP contribution in [0.5, 0.6) is 0 Å². The molecule has 7 heteroatoms.